The van der Waals surface area contributed by atoms with E-state index in [4.69, 9.17) is 61.6 Å². The number of fused-ring (bicyclic) bond motifs is 3. The van der Waals surface area contributed by atoms with Crippen LogP contribution in [0.15, 0.2) is 0 Å². The molecule has 0 aromatic rings. The Hall–Kier alpha value is -1.82. The highest BCUT2D eigenvalue weighted by atomic mass is 16.8. The Bertz CT molecular complexity index is 1870. The van der Waals surface area contributed by atoms with Gasteiger partial charge in [-0.1, -0.05) is 130 Å². The summed E-state index contributed by atoms with van der Waals surface area (Å²) >= 11 is 0. The fraction of sp³-hybridized carbons (Fsp3) is 0.967. The van der Waals surface area contributed by atoms with Gasteiger partial charge in [-0.3, -0.25) is 9.59 Å². The third-order valence-electron chi connectivity index (χ3n) is 17.7. The molecule has 0 saturated carbocycles. The van der Waals surface area contributed by atoms with Crippen molar-refractivity contribution in [1.82, 2.24) is 0 Å². The molecule has 0 radical (unpaired) electrons. The maximum atomic E-state index is 14.3. The standard InChI is InChI=1S/C61H108O23/c1-10-13-15-16-19-23-27-31-40(62)79-55-54(83-57-46(68)43(65)41(63)34(5)73-57)51(81-58-47(69)45(67)49(36(7)75-58)80-56(71)33(4)12-3)38(9)77-61(55)82-50-37(8)76-59-48(70)52(50)72-32-28-24-21-18-17-20-22-26-30-39(29-25-14-11-2)78-53-44(66)42(64)35(6)74-60(53)84-59/h33-39,41-55,57-61,63-70H,10-32H2,1-9H3/t33-,34-,35+,36-,37-,38-,39?,41-,42-,43+,44-,45-,46+,47+,48+,49-,50-,51-,52-,53+,54+,55+,57-,58-,59-,60+,61-/m0/s1. The molecular weight excluding hydrogens is 1100 g/mol. The maximum Gasteiger partial charge on any atom is 0.309 e. The quantitative estimate of drug-likeness (QED) is 0.0521. The van der Waals surface area contributed by atoms with Gasteiger partial charge in [0.05, 0.1) is 42.5 Å². The van der Waals surface area contributed by atoms with E-state index in [0.717, 1.165) is 116 Å². The minimum Gasteiger partial charge on any atom is -0.457 e. The summed E-state index contributed by atoms with van der Waals surface area (Å²) in [5.74, 6) is -1.79. The number of aliphatic hydroxyl groups excluding tert-OH is 8. The highest BCUT2D eigenvalue weighted by Crippen LogP contribution is 2.39. The average molecular weight is 1210 g/mol. The van der Waals surface area contributed by atoms with Gasteiger partial charge in [0.15, 0.2) is 43.7 Å². The number of rotatable bonds is 22. The molecule has 0 aromatic carbocycles. The molecule has 8 N–H and O–H groups in total. The molecule has 0 spiro atoms. The molecule has 1 unspecified atom stereocenters. The Morgan fingerprint density at radius 2 is 0.964 bits per heavy atom. The van der Waals surface area contributed by atoms with Crippen molar-refractivity contribution in [2.75, 3.05) is 6.61 Å². The first-order valence-corrected chi connectivity index (χ1v) is 32.2. The molecule has 23 heteroatoms. The minimum atomic E-state index is -1.86. The third kappa shape index (κ3) is 19.6. The van der Waals surface area contributed by atoms with Crippen LogP contribution in [0.4, 0.5) is 0 Å². The summed E-state index contributed by atoms with van der Waals surface area (Å²) in [7, 11) is 0. The molecule has 6 saturated heterocycles. The first-order valence-electron chi connectivity index (χ1n) is 32.2. The average Bonchev–Trinajstić information content (AvgIpc) is 2.75. The SMILES string of the molecule is CCCCCCCCCC(=O)O[C@H]1[C@H](O[C@@H]2[C@H]3OCCCCCCCCCCC(CCCCC)O[C@H]4[C@@H](O[C@H](O[C@H]2C)[C@@H]3O)O[C@H](C)[C@H](O)[C@@H]4O)O[C@@H](C)[C@H](O[C@@H]2O[C@@H](C)[C@H](OC(=O)[C@@H](C)CC)[C@@H](O)[C@H]2O)[C@H]1O[C@@H]1O[C@@H](C)[C@H](O)[C@@H](O)[C@H]1O. The summed E-state index contributed by atoms with van der Waals surface area (Å²) in [6, 6.07) is 0. The molecule has 27 atom stereocenters. The Morgan fingerprint density at radius 3 is 1.64 bits per heavy atom. The number of hydrogen-bond donors (Lipinski definition) is 8. The van der Waals surface area contributed by atoms with Crippen molar-refractivity contribution in [3.63, 3.8) is 0 Å². The van der Waals surface area contributed by atoms with Crippen molar-refractivity contribution < 1.29 is 112 Å². The minimum absolute atomic E-state index is 0.0373. The van der Waals surface area contributed by atoms with E-state index >= 15 is 0 Å². The Kier molecular flexibility index (Phi) is 30.1. The van der Waals surface area contributed by atoms with E-state index in [-0.39, 0.29) is 19.1 Å². The van der Waals surface area contributed by atoms with Gasteiger partial charge in [-0.05, 0) is 66.7 Å². The lowest BCUT2D eigenvalue weighted by atomic mass is 9.95. The van der Waals surface area contributed by atoms with Crippen LogP contribution in [0, 0.1) is 5.92 Å². The van der Waals surface area contributed by atoms with Gasteiger partial charge in [-0.25, -0.2) is 0 Å². The molecule has 23 nitrogen and oxygen atoms in total. The monoisotopic (exact) mass is 1210 g/mol. The molecular formula is C61H108O23. The summed E-state index contributed by atoms with van der Waals surface area (Å²) in [4.78, 5) is 27.2. The van der Waals surface area contributed by atoms with Crippen molar-refractivity contribution in [1.29, 1.82) is 0 Å². The smallest absolute Gasteiger partial charge is 0.309 e. The molecule has 2 bridgehead atoms. The Labute approximate surface area is 498 Å². The number of aliphatic hydroxyl groups is 8. The van der Waals surface area contributed by atoms with Crippen LogP contribution in [-0.2, 0) is 71.2 Å². The third-order valence-corrected chi connectivity index (χ3v) is 17.7. The molecule has 0 amide bonds. The number of hydrogen-bond acceptors (Lipinski definition) is 23. The molecule has 6 aliphatic rings. The van der Waals surface area contributed by atoms with Gasteiger partial charge in [0, 0.05) is 13.0 Å². The second-order valence-corrected chi connectivity index (χ2v) is 24.6. The van der Waals surface area contributed by atoms with Crippen LogP contribution in [0.25, 0.3) is 0 Å². The van der Waals surface area contributed by atoms with Gasteiger partial charge in [0.1, 0.15) is 79.4 Å². The summed E-state index contributed by atoms with van der Waals surface area (Å²) in [6.07, 6.45) is -16.9. The van der Waals surface area contributed by atoms with Crippen LogP contribution in [0.3, 0.4) is 0 Å². The van der Waals surface area contributed by atoms with E-state index in [1.54, 1.807) is 27.7 Å². The maximum absolute atomic E-state index is 14.3. The number of ether oxygens (including phenoxy) is 13. The Balaban J connectivity index is 1.34. The molecule has 84 heavy (non-hydrogen) atoms. The van der Waals surface area contributed by atoms with Crippen molar-refractivity contribution in [3.8, 4) is 0 Å². The predicted molar refractivity (Wildman–Crippen MR) is 301 cm³/mol. The van der Waals surface area contributed by atoms with Crippen LogP contribution in [0.1, 0.15) is 204 Å². The zero-order chi connectivity index (χ0) is 61.2. The van der Waals surface area contributed by atoms with E-state index in [1.807, 2.05) is 6.92 Å². The largest absolute Gasteiger partial charge is 0.457 e. The first-order chi connectivity index (χ1) is 40.2. The summed E-state index contributed by atoms with van der Waals surface area (Å²) in [5, 5.41) is 91.7. The van der Waals surface area contributed by atoms with Gasteiger partial charge in [-0.2, -0.15) is 0 Å². The van der Waals surface area contributed by atoms with E-state index in [9.17, 15) is 50.4 Å². The van der Waals surface area contributed by atoms with Gasteiger partial charge in [0.2, 0.25) is 0 Å². The summed E-state index contributed by atoms with van der Waals surface area (Å²) in [6.45, 7) is 15.8. The molecule has 6 rings (SSSR count). The van der Waals surface area contributed by atoms with E-state index < -0.39 is 171 Å². The molecule has 0 aromatic heterocycles. The zero-order valence-corrected chi connectivity index (χ0v) is 51.6. The molecule has 490 valence electrons. The lowest BCUT2D eigenvalue weighted by molar-refractivity contribution is -0.404. The number of unbranched alkanes of at least 4 members (excludes halogenated alkanes) is 8. The van der Waals surface area contributed by atoms with Crippen LogP contribution >= 0.6 is 0 Å². The lowest BCUT2D eigenvalue weighted by Gasteiger charge is -2.51. The van der Waals surface area contributed by atoms with Crippen LogP contribution in [0.5, 0.6) is 0 Å². The molecule has 6 heterocycles. The number of carbonyl (C=O) groups is 2. The first kappa shape index (κ1) is 71.3. The highest BCUT2D eigenvalue weighted by molar-refractivity contribution is 5.72. The topological polar surface area (TPSA) is 316 Å². The summed E-state index contributed by atoms with van der Waals surface area (Å²) < 4.78 is 83.4. The fourth-order valence-corrected chi connectivity index (χ4v) is 12.0. The van der Waals surface area contributed by atoms with Gasteiger partial charge in [-0.15, -0.1) is 0 Å². The van der Waals surface area contributed by atoms with Gasteiger partial charge < -0.3 is 102 Å². The zero-order valence-electron chi connectivity index (χ0n) is 51.6. The van der Waals surface area contributed by atoms with Crippen molar-refractivity contribution in [2.24, 2.45) is 5.92 Å². The molecule has 6 fully saturated rings. The summed E-state index contributed by atoms with van der Waals surface area (Å²) in [5.41, 5.74) is 0. The fourth-order valence-electron chi connectivity index (χ4n) is 12.0. The van der Waals surface area contributed by atoms with Crippen LogP contribution < -0.4 is 0 Å². The molecule has 0 aliphatic carbocycles. The van der Waals surface area contributed by atoms with Crippen LogP contribution in [0.2, 0.25) is 0 Å². The Morgan fingerprint density at radius 1 is 0.440 bits per heavy atom. The highest BCUT2D eigenvalue weighted by Gasteiger charge is 2.58. The number of carbonyl (C=O) groups excluding carboxylic acids is 2. The second-order valence-electron chi connectivity index (χ2n) is 24.6. The molecule has 6 aliphatic heterocycles. The predicted octanol–water partition coefficient (Wildman–Crippen LogP) is 5.02. The van der Waals surface area contributed by atoms with Crippen LogP contribution in [-0.4, -0.2) is 219 Å². The number of esters is 2. The van der Waals surface area contributed by atoms with E-state index in [1.165, 1.54) is 13.8 Å². The van der Waals surface area contributed by atoms with Gasteiger partial charge in [0.25, 0.3) is 0 Å². The van der Waals surface area contributed by atoms with E-state index in [0.29, 0.717) is 19.3 Å². The van der Waals surface area contributed by atoms with Crippen molar-refractivity contribution in [3.05, 3.63) is 0 Å². The lowest BCUT2D eigenvalue weighted by Crippen LogP contribution is -2.68. The van der Waals surface area contributed by atoms with Crippen molar-refractivity contribution in [2.45, 2.75) is 363 Å². The van der Waals surface area contributed by atoms with Crippen molar-refractivity contribution >= 4 is 11.9 Å². The normalized spacial score (nSPS) is 42.8. The van der Waals surface area contributed by atoms with E-state index in [2.05, 4.69) is 13.8 Å². The van der Waals surface area contributed by atoms with Gasteiger partial charge >= 0.3 is 11.9 Å². The second kappa shape index (κ2) is 35.5.